The van der Waals surface area contributed by atoms with E-state index in [-0.39, 0.29) is 6.54 Å². The van der Waals surface area contributed by atoms with Gasteiger partial charge in [-0.1, -0.05) is 0 Å². The van der Waals surface area contributed by atoms with Gasteiger partial charge in [-0.15, -0.1) is 0 Å². The van der Waals surface area contributed by atoms with Crippen LogP contribution in [0.2, 0.25) is 0 Å². The molecular formula is C13H13F2N3. The Morgan fingerprint density at radius 1 is 1.33 bits per heavy atom. The molecule has 1 saturated carbocycles. The maximum Gasteiger partial charge on any atom is 0.203 e. The van der Waals surface area contributed by atoms with Crippen LogP contribution in [0.3, 0.4) is 0 Å². The highest BCUT2D eigenvalue weighted by atomic mass is 19.1. The van der Waals surface area contributed by atoms with Crippen molar-refractivity contribution in [2.75, 3.05) is 5.32 Å². The van der Waals surface area contributed by atoms with Crippen LogP contribution in [0.5, 0.6) is 0 Å². The number of anilines is 1. The van der Waals surface area contributed by atoms with Crippen LogP contribution in [0.15, 0.2) is 30.6 Å². The van der Waals surface area contributed by atoms with Crippen molar-refractivity contribution >= 4 is 5.95 Å². The highest BCUT2D eigenvalue weighted by Gasteiger charge is 2.25. The Kier molecular flexibility index (Phi) is 2.74. The molecule has 3 nitrogen and oxygen atoms in total. The number of halogens is 2. The van der Waals surface area contributed by atoms with Gasteiger partial charge in [-0.25, -0.2) is 13.8 Å². The van der Waals surface area contributed by atoms with Gasteiger partial charge in [0.1, 0.15) is 11.6 Å². The quantitative estimate of drug-likeness (QED) is 0.902. The minimum absolute atomic E-state index is 0.229. The molecule has 3 rings (SSSR count). The lowest BCUT2D eigenvalue weighted by Crippen LogP contribution is -2.07. The second-order valence-corrected chi connectivity index (χ2v) is 4.48. The van der Waals surface area contributed by atoms with Gasteiger partial charge in [-0.05, 0) is 31.0 Å². The van der Waals surface area contributed by atoms with E-state index in [1.165, 1.54) is 6.07 Å². The molecule has 18 heavy (non-hydrogen) atoms. The third-order valence-electron chi connectivity index (χ3n) is 3.05. The summed E-state index contributed by atoms with van der Waals surface area (Å²) in [5.41, 5.74) is 0.306. The zero-order chi connectivity index (χ0) is 12.5. The Morgan fingerprint density at radius 2 is 2.17 bits per heavy atom. The van der Waals surface area contributed by atoms with Crippen molar-refractivity contribution in [2.45, 2.75) is 25.4 Å². The Balaban J connectivity index is 1.73. The summed E-state index contributed by atoms with van der Waals surface area (Å²) in [7, 11) is 0. The Morgan fingerprint density at radius 3 is 2.94 bits per heavy atom. The lowest BCUT2D eigenvalue weighted by atomic mass is 10.2. The predicted molar refractivity (Wildman–Crippen MR) is 64.2 cm³/mol. The van der Waals surface area contributed by atoms with Gasteiger partial charge in [0.15, 0.2) is 0 Å². The number of benzene rings is 1. The molecule has 1 aromatic carbocycles. The molecule has 0 atom stereocenters. The van der Waals surface area contributed by atoms with Gasteiger partial charge in [-0.2, -0.15) is 0 Å². The van der Waals surface area contributed by atoms with Gasteiger partial charge in [-0.3, -0.25) is 0 Å². The molecule has 1 heterocycles. The maximum absolute atomic E-state index is 13.4. The highest BCUT2D eigenvalue weighted by molar-refractivity contribution is 5.31. The Labute approximate surface area is 103 Å². The number of nitrogens with one attached hydrogen (secondary N) is 1. The van der Waals surface area contributed by atoms with Crippen LogP contribution >= 0.6 is 0 Å². The molecule has 0 spiro atoms. The summed E-state index contributed by atoms with van der Waals surface area (Å²) < 4.78 is 28.5. The lowest BCUT2D eigenvalue weighted by Gasteiger charge is -2.09. The average molecular weight is 249 g/mol. The van der Waals surface area contributed by atoms with E-state index in [1.807, 2.05) is 10.8 Å². The molecule has 0 amide bonds. The van der Waals surface area contributed by atoms with E-state index < -0.39 is 11.6 Å². The fraction of sp³-hybridized carbons (Fsp3) is 0.308. The first kappa shape index (κ1) is 11.2. The monoisotopic (exact) mass is 249 g/mol. The topological polar surface area (TPSA) is 29.9 Å². The van der Waals surface area contributed by atoms with Crippen LogP contribution in [-0.2, 0) is 6.54 Å². The second kappa shape index (κ2) is 4.40. The molecule has 1 fully saturated rings. The van der Waals surface area contributed by atoms with Crippen molar-refractivity contribution in [3.8, 4) is 0 Å². The van der Waals surface area contributed by atoms with Crippen molar-refractivity contribution < 1.29 is 8.78 Å². The van der Waals surface area contributed by atoms with E-state index in [0.717, 1.165) is 25.0 Å². The number of nitrogens with zero attached hydrogens (tertiary/aromatic N) is 2. The fourth-order valence-corrected chi connectivity index (χ4v) is 1.95. The van der Waals surface area contributed by atoms with E-state index in [1.54, 1.807) is 6.20 Å². The van der Waals surface area contributed by atoms with E-state index >= 15 is 0 Å². The van der Waals surface area contributed by atoms with Crippen molar-refractivity contribution in [1.82, 2.24) is 9.55 Å². The molecule has 2 aromatic rings. The molecular weight excluding hydrogens is 236 g/mol. The van der Waals surface area contributed by atoms with E-state index in [9.17, 15) is 8.78 Å². The first-order chi connectivity index (χ1) is 8.74. The maximum atomic E-state index is 13.4. The third-order valence-corrected chi connectivity index (χ3v) is 3.05. The predicted octanol–water partition coefficient (Wildman–Crippen LogP) is 3.11. The molecule has 0 saturated heterocycles. The lowest BCUT2D eigenvalue weighted by molar-refractivity contribution is 0.587. The van der Waals surface area contributed by atoms with E-state index in [4.69, 9.17) is 0 Å². The van der Waals surface area contributed by atoms with Crippen LogP contribution in [0.25, 0.3) is 0 Å². The van der Waals surface area contributed by atoms with E-state index in [2.05, 4.69) is 10.3 Å². The van der Waals surface area contributed by atoms with Crippen LogP contribution in [0.4, 0.5) is 14.7 Å². The summed E-state index contributed by atoms with van der Waals surface area (Å²) in [6, 6.07) is 3.96. The van der Waals surface area contributed by atoms with Gasteiger partial charge >= 0.3 is 0 Å². The summed E-state index contributed by atoms with van der Waals surface area (Å²) in [5, 5.41) is 3.04. The van der Waals surface area contributed by atoms with Crippen molar-refractivity contribution in [3.63, 3.8) is 0 Å². The van der Waals surface area contributed by atoms with Gasteiger partial charge in [0.25, 0.3) is 0 Å². The van der Waals surface area contributed by atoms with Gasteiger partial charge in [0.05, 0.1) is 0 Å². The Bertz CT molecular complexity index is 561. The van der Waals surface area contributed by atoms with Crippen LogP contribution < -0.4 is 5.32 Å². The zero-order valence-corrected chi connectivity index (χ0v) is 9.74. The summed E-state index contributed by atoms with van der Waals surface area (Å²) in [6.45, 7) is 0.229. The van der Waals surface area contributed by atoms with Gasteiger partial charge in [0, 0.05) is 30.5 Å². The molecule has 1 N–H and O–H groups in total. The largest absolute Gasteiger partial charge is 0.351 e. The molecule has 94 valence electrons. The number of rotatable bonds is 4. The molecule has 1 aliphatic carbocycles. The SMILES string of the molecule is Fc1ccc(F)c(CNc2nccn2C2CC2)c1. The summed E-state index contributed by atoms with van der Waals surface area (Å²) >= 11 is 0. The first-order valence-electron chi connectivity index (χ1n) is 5.94. The van der Waals surface area contributed by atoms with Crippen molar-refractivity contribution in [2.24, 2.45) is 0 Å². The van der Waals surface area contributed by atoms with Crippen molar-refractivity contribution in [1.29, 1.82) is 0 Å². The molecule has 5 heteroatoms. The number of imidazole rings is 1. The number of aromatic nitrogens is 2. The number of hydrogen-bond donors (Lipinski definition) is 1. The molecule has 1 aliphatic rings. The molecule has 0 unspecified atom stereocenters. The van der Waals surface area contributed by atoms with Crippen LogP contribution in [-0.4, -0.2) is 9.55 Å². The minimum atomic E-state index is -0.432. The summed E-state index contributed by atoms with van der Waals surface area (Å²) in [5.74, 6) is -0.131. The molecule has 0 bridgehead atoms. The van der Waals surface area contributed by atoms with Crippen LogP contribution in [0, 0.1) is 11.6 Å². The zero-order valence-electron chi connectivity index (χ0n) is 9.74. The second-order valence-electron chi connectivity index (χ2n) is 4.48. The molecule has 0 aliphatic heterocycles. The first-order valence-corrected chi connectivity index (χ1v) is 5.94. The normalized spacial score (nSPS) is 14.8. The van der Waals surface area contributed by atoms with Gasteiger partial charge < -0.3 is 9.88 Å². The van der Waals surface area contributed by atoms with Crippen LogP contribution in [0.1, 0.15) is 24.4 Å². The molecule has 0 radical (unpaired) electrons. The Hall–Kier alpha value is -1.91. The molecule has 1 aromatic heterocycles. The summed E-state index contributed by atoms with van der Waals surface area (Å²) in [6.07, 6.45) is 5.92. The third kappa shape index (κ3) is 2.20. The van der Waals surface area contributed by atoms with Gasteiger partial charge in [0.2, 0.25) is 5.95 Å². The van der Waals surface area contributed by atoms with Crippen molar-refractivity contribution in [3.05, 3.63) is 47.8 Å². The smallest absolute Gasteiger partial charge is 0.203 e. The minimum Gasteiger partial charge on any atom is -0.351 e. The highest BCUT2D eigenvalue weighted by Crippen LogP contribution is 2.36. The standard InChI is InChI=1S/C13H13F2N3/c14-10-1-4-12(15)9(7-10)8-17-13-16-5-6-18(13)11-2-3-11/h1,4-7,11H,2-3,8H2,(H,16,17). The number of hydrogen-bond acceptors (Lipinski definition) is 2. The fourth-order valence-electron chi connectivity index (χ4n) is 1.95. The van der Waals surface area contributed by atoms with E-state index in [0.29, 0.717) is 17.6 Å². The summed E-state index contributed by atoms with van der Waals surface area (Å²) in [4.78, 5) is 4.18. The average Bonchev–Trinajstić information content (AvgIpc) is 3.10.